The van der Waals surface area contributed by atoms with Crippen LogP contribution >= 0.6 is 0 Å². The topological polar surface area (TPSA) is 26.3 Å². The predicted molar refractivity (Wildman–Crippen MR) is 63.7 cm³/mol. The van der Waals surface area contributed by atoms with Gasteiger partial charge in [0.25, 0.3) is 0 Å². The van der Waals surface area contributed by atoms with Crippen LogP contribution in [0.3, 0.4) is 0 Å². The van der Waals surface area contributed by atoms with Crippen molar-refractivity contribution in [3.05, 3.63) is 35.4 Å². The summed E-state index contributed by atoms with van der Waals surface area (Å²) in [7, 11) is 1.65. The van der Waals surface area contributed by atoms with E-state index in [4.69, 9.17) is 4.74 Å². The molecule has 1 aliphatic rings. The van der Waals surface area contributed by atoms with Crippen LogP contribution in [0.2, 0.25) is 0 Å². The van der Waals surface area contributed by atoms with Crippen LogP contribution in [-0.4, -0.2) is 18.5 Å². The van der Waals surface area contributed by atoms with E-state index in [9.17, 15) is 4.79 Å². The Morgan fingerprint density at radius 3 is 2.25 bits per heavy atom. The third kappa shape index (κ3) is 1.90. The molecule has 0 heterocycles. The summed E-state index contributed by atoms with van der Waals surface area (Å²) < 4.78 is 5.50. The molecule has 0 aromatic heterocycles. The van der Waals surface area contributed by atoms with Crippen molar-refractivity contribution in [1.29, 1.82) is 0 Å². The van der Waals surface area contributed by atoms with Crippen molar-refractivity contribution in [3.8, 4) is 0 Å². The van der Waals surface area contributed by atoms with Crippen molar-refractivity contribution in [2.75, 3.05) is 7.11 Å². The zero-order chi connectivity index (χ0) is 11.6. The van der Waals surface area contributed by atoms with Gasteiger partial charge in [-0.2, -0.15) is 0 Å². The molecule has 2 nitrogen and oxygen atoms in total. The molecular weight excluding hydrogens is 200 g/mol. The van der Waals surface area contributed by atoms with Crippen molar-refractivity contribution >= 4 is 5.78 Å². The molecule has 1 saturated carbocycles. The summed E-state index contributed by atoms with van der Waals surface area (Å²) in [5.41, 5.74) is 1.40. The van der Waals surface area contributed by atoms with Gasteiger partial charge in [0.05, 0.1) is 0 Å². The molecule has 1 fully saturated rings. The van der Waals surface area contributed by atoms with Gasteiger partial charge in [-0.25, -0.2) is 0 Å². The van der Waals surface area contributed by atoms with Gasteiger partial charge in [-0.15, -0.1) is 0 Å². The second-order valence-corrected chi connectivity index (χ2v) is 4.60. The highest BCUT2D eigenvalue weighted by atomic mass is 16.5. The fourth-order valence-electron chi connectivity index (χ4n) is 2.44. The van der Waals surface area contributed by atoms with E-state index in [2.05, 4.69) is 0 Å². The number of methoxy groups -OCH3 is 1. The number of ether oxygens (including phenoxy) is 1. The van der Waals surface area contributed by atoms with Crippen molar-refractivity contribution in [2.45, 2.75) is 38.2 Å². The summed E-state index contributed by atoms with van der Waals surface area (Å²) in [4.78, 5) is 12.4. The number of hydrogen-bond acceptors (Lipinski definition) is 2. The lowest BCUT2D eigenvalue weighted by Crippen LogP contribution is -2.37. The molecule has 0 atom stereocenters. The summed E-state index contributed by atoms with van der Waals surface area (Å²) >= 11 is 0. The minimum Gasteiger partial charge on any atom is -0.370 e. The molecule has 0 N–H and O–H groups in total. The Hall–Kier alpha value is -1.15. The molecule has 16 heavy (non-hydrogen) atoms. The smallest absolute Gasteiger partial charge is 0.194 e. The van der Waals surface area contributed by atoms with Crippen molar-refractivity contribution in [1.82, 2.24) is 0 Å². The number of ketones is 1. The van der Waals surface area contributed by atoms with Gasteiger partial charge in [-0.3, -0.25) is 4.79 Å². The SMILES string of the molecule is COC1(C(=O)c2ccc(C)cc2)CCCC1. The van der Waals surface area contributed by atoms with E-state index < -0.39 is 5.60 Å². The first-order chi connectivity index (χ1) is 7.68. The van der Waals surface area contributed by atoms with Crippen LogP contribution in [-0.2, 0) is 4.74 Å². The van der Waals surface area contributed by atoms with E-state index in [1.165, 1.54) is 5.56 Å². The average Bonchev–Trinajstić information content (AvgIpc) is 2.79. The van der Waals surface area contributed by atoms with Crippen LogP contribution in [0.15, 0.2) is 24.3 Å². The van der Waals surface area contributed by atoms with Gasteiger partial charge in [-0.05, 0) is 32.6 Å². The molecule has 1 aromatic rings. The van der Waals surface area contributed by atoms with Crippen molar-refractivity contribution in [2.24, 2.45) is 0 Å². The fourth-order valence-corrected chi connectivity index (χ4v) is 2.44. The first kappa shape index (κ1) is 11.3. The monoisotopic (exact) mass is 218 g/mol. The molecule has 1 aliphatic carbocycles. The Bertz CT molecular complexity index is 372. The number of rotatable bonds is 3. The van der Waals surface area contributed by atoms with Gasteiger partial charge < -0.3 is 4.74 Å². The van der Waals surface area contributed by atoms with Gasteiger partial charge >= 0.3 is 0 Å². The standard InChI is InChI=1S/C14H18O2/c1-11-5-7-12(8-6-11)13(15)14(16-2)9-3-4-10-14/h5-8H,3-4,9-10H2,1-2H3. The van der Waals surface area contributed by atoms with Gasteiger partial charge in [0, 0.05) is 12.7 Å². The molecule has 0 radical (unpaired) electrons. The van der Waals surface area contributed by atoms with E-state index in [0.717, 1.165) is 31.2 Å². The number of carbonyl (C=O) groups excluding carboxylic acids is 1. The highest BCUT2D eigenvalue weighted by Crippen LogP contribution is 2.35. The van der Waals surface area contributed by atoms with E-state index in [-0.39, 0.29) is 5.78 Å². The van der Waals surface area contributed by atoms with Crippen molar-refractivity contribution in [3.63, 3.8) is 0 Å². The summed E-state index contributed by atoms with van der Waals surface area (Å²) in [6, 6.07) is 7.75. The third-order valence-electron chi connectivity index (χ3n) is 3.53. The molecule has 0 aliphatic heterocycles. The van der Waals surface area contributed by atoms with Gasteiger partial charge in [-0.1, -0.05) is 29.8 Å². The van der Waals surface area contributed by atoms with E-state index in [1.807, 2.05) is 31.2 Å². The predicted octanol–water partition coefficient (Wildman–Crippen LogP) is 3.14. The first-order valence-electron chi connectivity index (χ1n) is 5.84. The summed E-state index contributed by atoms with van der Waals surface area (Å²) in [5.74, 6) is 0.146. The largest absolute Gasteiger partial charge is 0.370 e. The highest BCUT2D eigenvalue weighted by Gasteiger charge is 2.41. The molecule has 0 amide bonds. The van der Waals surface area contributed by atoms with E-state index in [1.54, 1.807) is 7.11 Å². The minimum absolute atomic E-state index is 0.146. The molecule has 0 bridgehead atoms. The maximum Gasteiger partial charge on any atom is 0.194 e. The van der Waals surface area contributed by atoms with Crippen LogP contribution in [0.4, 0.5) is 0 Å². The molecule has 86 valence electrons. The maximum atomic E-state index is 12.4. The Kier molecular flexibility index (Phi) is 3.10. The molecule has 2 heteroatoms. The second kappa shape index (κ2) is 4.38. The van der Waals surface area contributed by atoms with Crippen LogP contribution in [0, 0.1) is 6.92 Å². The average molecular weight is 218 g/mol. The van der Waals surface area contributed by atoms with Gasteiger partial charge in [0.15, 0.2) is 5.78 Å². The molecule has 0 spiro atoms. The van der Waals surface area contributed by atoms with Crippen LogP contribution in [0.25, 0.3) is 0 Å². The zero-order valence-corrected chi connectivity index (χ0v) is 9.95. The number of Topliss-reactive ketones (excluding diaryl/α,β-unsaturated/α-hetero) is 1. The molecule has 0 unspecified atom stereocenters. The van der Waals surface area contributed by atoms with Crippen molar-refractivity contribution < 1.29 is 9.53 Å². The lowest BCUT2D eigenvalue weighted by Gasteiger charge is -2.25. The Labute approximate surface area is 96.6 Å². The molecule has 2 rings (SSSR count). The van der Waals surface area contributed by atoms with Crippen LogP contribution in [0.1, 0.15) is 41.6 Å². The normalized spacial score (nSPS) is 18.6. The summed E-state index contributed by atoms with van der Waals surface area (Å²) in [5, 5.41) is 0. The second-order valence-electron chi connectivity index (χ2n) is 4.60. The molecule has 1 aromatic carbocycles. The van der Waals surface area contributed by atoms with Crippen LogP contribution in [0.5, 0.6) is 0 Å². The lowest BCUT2D eigenvalue weighted by atomic mass is 9.91. The zero-order valence-electron chi connectivity index (χ0n) is 9.95. The number of benzene rings is 1. The minimum atomic E-state index is -0.546. The number of carbonyl (C=O) groups is 1. The van der Waals surface area contributed by atoms with Gasteiger partial charge in [0.1, 0.15) is 5.60 Å². The Morgan fingerprint density at radius 1 is 1.19 bits per heavy atom. The third-order valence-corrected chi connectivity index (χ3v) is 3.53. The lowest BCUT2D eigenvalue weighted by molar-refractivity contribution is 0.00602. The first-order valence-corrected chi connectivity index (χ1v) is 5.84. The summed E-state index contributed by atoms with van der Waals surface area (Å²) in [6.45, 7) is 2.02. The van der Waals surface area contributed by atoms with E-state index in [0.29, 0.717) is 0 Å². The fraction of sp³-hybridized carbons (Fsp3) is 0.500. The number of hydrogen-bond donors (Lipinski definition) is 0. The van der Waals surface area contributed by atoms with E-state index >= 15 is 0 Å². The Morgan fingerprint density at radius 2 is 1.75 bits per heavy atom. The van der Waals surface area contributed by atoms with Gasteiger partial charge in [0.2, 0.25) is 0 Å². The summed E-state index contributed by atoms with van der Waals surface area (Å²) in [6.07, 6.45) is 3.89. The maximum absolute atomic E-state index is 12.4. The van der Waals surface area contributed by atoms with Crippen LogP contribution < -0.4 is 0 Å². The number of aryl methyl sites for hydroxylation is 1. The molecular formula is C14H18O2. The quantitative estimate of drug-likeness (QED) is 0.728. The molecule has 0 saturated heterocycles. The Balaban J connectivity index is 2.26. The highest BCUT2D eigenvalue weighted by molar-refractivity contribution is 6.02.